The Bertz CT molecular complexity index is 234. The molecule has 0 rings (SSSR count). The van der Waals surface area contributed by atoms with Crippen LogP contribution in [-0.2, 0) is 20.8 Å². The third-order valence-corrected chi connectivity index (χ3v) is 3.33. The summed E-state index contributed by atoms with van der Waals surface area (Å²) in [6, 6.07) is 0. The average molecular weight is 199 g/mol. The van der Waals surface area contributed by atoms with Crippen LogP contribution in [-0.4, -0.2) is 48.8 Å². The molecular weight excluding hydrogens is 186 g/mol. The van der Waals surface area contributed by atoms with Gasteiger partial charge in [-0.1, -0.05) is 0 Å². The molecule has 0 heterocycles. The summed E-state index contributed by atoms with van der Waals surface area (Å²) in [5, 5.41) is 0. The van der Waals surface area contributed by atoms with Crippen LogP contribution in [0.5, 0.6) is 0 Å². The standard InChI is InChI=1S/C5H13NO3S2/c1-6(11(3,8)9)4-5-10(2)7/h4-5H2,1-3H3. The molecule has 0 spiro atoms. The van der Waals surface area contributed by atoms with Crippen molar-refractivity contribution in [1.29, 1.82) is 0 Å². The minimum absolute atomic E-state index is 0.321. The average Bonchev–Trinajstić information content (AvgIpc) is 1.80. The predicted octanol–water partition coefficient (Wildman–Crippen LogP) is -0.744. The van der Waals surface area contributed by atoms with E-state index in [9.17, 15) is 12.6 Å². The summed E-state index contributed by atoms with van der Waals surface area (Å²) in [5.74, 6) is 0.392. The summed E-state index contributed by atoms with van der Waals surface area (Å²) >= 11 is 0. The molecule has 0 saturated heterocycles. The van der Waals surface area contributed by atoms with Gasteiger partial charge < -0.3 is 0 Å². The lowest BCUT2D eigenvalue weighted by Gasteiger charge is -2.11. The molecule has 0 saturated carbocycles. The Morgan fingerprint density at radius 2 is 1.91 bits per heavy atom. The van der Waals surface area contributed by atoms with Gasteiger partial charge in [-0.3, -0.25) is 4.21 Å². The first-order chi connectivity index (χ1) is 4.84. The molecule has 0 aromatic carbocycles. The molecule has 0 amide bonds. The van der Waals surface area contributed by atoms with E-state index in [1.165, 1.54) is 11.4 Å². The van der Waals surface area contributed by atoms with Crippen LogP contribution in [0.4, 0.5) is 0 Å². The predicted molar refractivity (Wildman–Crippen MR) is 46.4 cm³/mol. The van der Waals surface area contributed by atoms with Crippen LogP contribution >= 0.6 is 0 Å². The van der Waals surface area contributed by atoms with Gasteiger partial charge in [0.1, 0.15) is 0 Å². The Morgan fingerprint density at radius 1 is 1.45 bits per heavy atom. The van der Waals surface area contributed by atoms with Gasteiger partial charge >= 0.3 is 0 Å². The van der Waals surface area contributed by atoms with Crippen LogP contribution < -0.4 is 0 Å². The summed E-state index contributed by atoms with van der Waals surface area (Å²) in [7, 11) is -2.55. The highest BCUT2D eigenvalue weighted by molar-refractivity contribution is 7.88. The van der Waals surface area contributed by atoms with E-state index >= 15 is 0 Å². The summed E-state index contributed by atoms with van der Waals surface area (Å²) < 4.78 is 33.3. The number of sulfonamides is 1. The zero-order valence-electron chi connectivity index (χ0n) is 6.90. The lowest BCUT2D eigenvalue weighted by Crippen LogP contribution is -2.29. The SMILES string of the molecule is CN(CCS(C)=O)S(C)(=O)=O. The molecule has 4 nitrogen and oxygen atoms in total. The summed E-state index contributed by atoms with van der Waals surface area (Å²) in [5.41, 5.74) is 0. The highest BCUT2D eigenvalue weighted by Gasteiger charge is 2.09. The van der Waals surface area contributed by atoms with Crippen LogP contribution in [0.25, 0.3) is 0 Å². The molecule has 11 heavy (non-hydrogen) atoms. The first-order valence-corrected chi connectivity index (χ1v) is 6.63. The van der Waals surface area contributed by atoms with Crippen molar-refractivity contribution >= 4 is 20.8 Å². The van der Waals surface area contributed by atoms with E-state index in [-0.39, 0.29) is 0 Å². The molecule has 1 atom stereocenters. The van der Waals surface area contributed by atoms with E-state index in [4.69, 9.17) is 0 Å². The summed E-state index contributed by atoms with van der Waals surface area (Å²) in [6.45, 7) is 0.321. The molecule has 1 unspecified atom stereocenters. The highest BCUT2D eigenvalue weighted by Crippen LogP contribution is 1.91. The van der Waals surface area contributed by atoms with Crippen LogP contribution in [0, 0.1) is 0 Å². The zero-order chi connectivity index (χ0) is 9.07. The molecule has 0 N–H and O–H groups in total. The van der Waals surface area contributed by atoms with Crippen molar-refractivity contribution in [2.45, 2.75) is 0 Å². The molecule has 0 aromatic heterocycles. The molecule has 0 aliphatic heterocycles. The van der Waals surface area contributed by atoms with Gasteiger partial charge in [0.25, 0.3) is 0 Å². The van der Waals surface area contributed by atoms with E-state index < -0.39 is 20.8 Å². The Balaban J connectivity index is 3.90. The van der Waals surface area contributed by atoms with Gasteiger partial charge in [0.05, 0.1) is 6.26 Å². The zero-order valence-corrected chi connectivity index (χ0v) is 8.54. The number of rotatable bonds is 4. The lowest BCUT2D eigenvalue weighted by atomic mass is 10.8. The lowest BCUT2D eigenvalue weighted by molar-refractivity contribution is 0.493. The van der Waals surface area contributed by atoms with Crippen LogP contribution in [0.3, 0.4) is 0 Å². The third-order valence-electron chi connectivity index (χ3n) is 1.26. The van der Waals surface area contributed by atoms with E-state index in [0.29, 0.717) is 12.3 Å². The van der Waals surface area contributed by atoms with E-state index in [1.54, 1.807) is 6.26 Å². The Kier molecular flexibility index (Phi) is 4.20. The van der Waals surface area contributed by atoms with E-state index in [0.717, 1.165) is 6.26 Å². The minimum atomic E-state index is -3.10. The number of nitrogens with zero attached hydrogens (tertiary/aromatic N) is 1. The molecule has 0 aliphatic rings. The molecule has 6 heteroatoms. The number of hydrogen-bond donors (Lipinski definition) is 0. The maximum absolute atomic E-state index is 10.8. The Labute approximate surface area is 70.1 Å². The molecule has 0 radical (unpaired) electrons. The van der Waals surface area contributed by atoms with Crippen molar-refractivity contribution < 1.29 is 12.6 Å². The monoisotopic (exact) mass is 199 g/mol. The van der Waals surface area contributed by atoms with Crippen LogP contribution in [0.2, 0.25) is 0 Å². The van der Waals surface area contributed by atoms with Crippen molar-refractivity contribution in [3.8, 4) is 0 Å². The minimum Gasteiger partial charge on any atom is -0.260 e. The largest absolute Gasteiger partial charge is 0.260 e. The second-order valence-corrected chi connectivity index (χ2v) is 6.01. The van der Waals surface area contributed by atoms with Gasteiger partial charge in [-0.05, 0) is 0 Å². The van der Waals surface area contributed by atoms with Gasteiger partial charge in [-0.25, -0.2) is 12.7 Å². The fourth-order valence-electron chi connectivity index (χ4n) is 0.423. The molecule has 0 bridgehead atoms. The normalized spacial score (nSPS) is 15.3. The molecule has 0 aromatic rings. The van der Waals surface area contributed by atoms with Crippen molar-refractivity contribution in [2.24, 2.45) is 0 Å². The van der Waals surface area contributed by atoms with Crippen LogP contribution in [0.15, 0.2) is 0 Å². The van der Waals surface area contributed by atoms with Crippen molar-refractivity contribution in [3.63, 3.8) is 0 Å². The van der Waals surface area contributed by atoms with E-state index in [1.807, 2.05) is 0 Å². The van der Waals surface area contributed by atoms with Crippen molar-refractivity contribution in [3.05, 3.63) is 0 Å². The summed E-state index contributed by atoms with van der Waals surface area (Å²) in [6.07, 6.45) is 2.68. The second-order valence-electron chi connectivity index (χ2n) is 2.36. The quantitative estimate of drug-likeness (QED) is 0.599. The van der Waals surface area contributed by atoms with Gasteiger partial charge in [-0.2, -0.15) is 0 Å². The fraction of sp³-hybridized carbons (Fsp3) is 1.00. The molecule has 0 aliphatic carbocycles. The van der Waals surface area contributed by atoms with Crippen molar-refractivity contribution in [2.75, 3.05) is 31.9 Å². The molecule has 68 valence electrons. The Hall–Kier alpha value is 0.0600. The van der Waals surface area contributed by atoms with Gasteiger partial charge in [0.15, 0.2) is 0 Å². The maximum atomic E-state index is 10.8. The first-order valence-electron chi connectivity index (χ1n) is 3.05. The van der Waals surface area contributed by atoms with Crippen molar-refractivity contribution in [1.82, 2.24) is 4.31 Å². The van der Waals surface area contributed by atoms with Gasteiger partial charge in [0, 0.05) is 36.4 Å². The van der Waals surface area contributed by atoms with Gasteiger partial charge in [-0.15, -0.1) is 0 Å². The fourth-order valence-corrected chi connectivity index (χ4v) is 1.49. The van der Waals surface area contributed by atoms with Crippen LogP contribution in [0.1, 0.15) is 0 Å². The third kappa shape index (κ3) is 5.34. The smallest absolute Gasteiger partial charge is 0.210 e. The highest BCUT2D eigenvalue weighted by atomic mass is 32.2. The Morgan fingerprint density at radius 3 is 2.18 bits per heavy atom. The maximum Gasteiger partial charge on any atom is 0.210 e. The number of hydrogen-bond acceptors (Lipinski definition) is 3. The molecular formula is C5H13NO3S2. The molecule has 0 fully saturated rings. The van der Waals surface area contributed by atoms with Gasteiger partial charge in [0.2, 0.25) is 10.0 Å². The topological polar surface area (TPSA) is 54.5 Å². The first kappa shape index (κ1) is 11.1. The summed E-state index contributed by atoms with van der Waals surface area (Å²) in [4.78, 5) is 0. The van der Waals surface area contributed by atoms with E-state index in [2.05, 4.69) is 0 Å². The second kappa shape index (κ2) is 4.18.